The molecule has 2 nitrogen and oxygen atoms in total. The van der Waals surface area contributed by atoms with Gasteiger partial charge >= 0.3 is 0 Å². The predicted molar refractivity (Wildman–Crippen MR) is 83.7 cm³/mol. The number of hydrogen-bond donors (Lipinski definition) is 0. The molecule has 1 aromatic rings. The Balaban J connectivity index is 2.16. The van der Waals surface area contributed by atoms with Crippen LogP contribution in [-0.4, -0.2) is 25.3 Å². The van der Waals surface area contributed by atoms with E-state index in [2.05, 4.69) is 48.0 Å². The van der Waals surface area contributed by atoms with Crippen LogP contribution in [-0.2, 0) is 16.3 Å². The van der Waals surface area contributed by atoms with E-state index in [1.807, 2.05) is 0 Å². The Hall–Kier alpha value is -0.350. The Morgan fingerprint density at radius 3 is 2.42 bits per heavy atom. The van der Waals surface area contributed by atoms with Gasteiger partial charge in [0.25, 0.3) is 0 Å². The van der Waals surface area contributed by atoms with Crippen molar-refractivity contribution in [1.29, 1.82) is 0 Å². The van der Waals surface area contributed by atoms with Gasteiger partial charge in [0, 0.05) is 5.33 Å². The molecule has 0 N–H and O–H groups in total. The Kier molecular flexibility index (Phi) is 4.72. The van der Waals surface area contributed by atoms with E-state index in [9.17, 15) is 8.42 Å². The maximum atomic E-state index is 11.6. The van der Waals surface area contributed by atoms with Crippen LogP contribution in [0.5, 0.6) is 0 Å². The molecule has 0 saturated carbocycles. The summed E-state index contributed by atoms with van der Waals surface area (Å²) in [7, 11) is -2.78. The summed E-state index contributed by atoms with van der Waals surface area (Å²) < 4.78 is 23.3. The number of halogens is 1. The highest BCUT2D eigenvalue weighted by atomic mass is 79.9. The van der Waals surface area contributed by atoms with E-state index in [0.717, 1.165) is 18.2 Å². The molecule has 0 spiro atoms. The number of sulfone groups is 1. The van der Waals surface area contributed by atoms with E-state index in [1.54, 1.807) is 0 Å². The lowest BCUT2D eigenvalue weighted by Crippen LogP contribution is -2.21. The van der Waals surface area contributed by atoms with E-state index < -0.39 is 9.84 Å². The first-order valence-corrected chi connectivity index (χ1v) is 9.68. The summed E-state index contributed by atoms with van der Waals surface area (Å²) in [5.41, 5.74) is 4.01. The molecule has 1 fully saturated rings. The second kappa shape index (κ2) is 5.96. The fourth-order valence-electron chi connectivity index (χ4n) is 2.98. The van der Waals surface area contributed by atoms with Crippen molar-refractivity contribution in [2.75, 3.05) is 16.8 Å². The molecule has 4 heteroatoms. The molecule has 2 rings (SSSR count). The van der Waals surface area contributed by atoms with Gasteiger partial charge in [-0.25, -0.2) is 8.42 Å². The topological polar surface area (TPSA) is 34.1 Å². The van der Waals surface area contributed by atoms with Crippen LogP contribution in [0.4, 0.5) is 0 Å². The maximum Gasteiger partial charge on any atom is 0.150 e. The summed E-state index contributed by atoms with van der Waals surface area (Å²) in [5, 5.41) is 0.876. The third-order valence-corrected chi connectivity index (χ3v) is 6.87. The van der Waals surface area contributed by atoms with Crippen LogP contribution in [0, 0.1) is 25.7 Å². The van der Waals surface area contributed by atoms with Gasteiger partial charge in [0.1, 0.15) is 0 Å². The zero-order chi connectivity index (χ0) is 14.0. The molecule has 0 aromatic heterocycles. The number of alkyl halides is 1. The van der Waals surface area contributed by atoms with Gasteiger partial charge in [-0.1, -0.05) is 34.1 Å². The summed E-state index contributed by atoms with van der Waals surface area (Å²) in [4.78, 5) is 0. The van der Waals surface area contributed by atoms with Crippen LogP contribution >= 0.6 is 15.9 Å². The molecule has 0 amide bonds. The molecule has 1 saturated heterocycles. The first kappa shape index (κ1) is 15.0. The van der Waals surface area contributed by atoms with Crippen molar-refractivity contribution in [3.8, 4) is 0 Å². The number of aryl methyl sites for hydroxylation is 2. The van der Waals surface area contributed by atoms with Crippen molar-refractivity contribution in [1.82, 2.24) is 0 Å². The summed E-state index contributed by atoms with van der Waals surface area (Å²) >= 11 is 3.58. The predicted octanol–water partition coefficient (Wildman–Crippen LogP) is 3.29. The molecule has 0 aliphatic carbocycles. The van der Waals surface area contributed by atoms with Crippen LogP contribution in [0.2, 0.25) is 0 Å². The fourth-order valence-corrected chi connectivity index (χ4v) is 5.65. The van der Waals surface area contributed by atoms with E-state index in [0.29, 0.717) is 23.3 Å². The van der Waals surface area contributed by atoms with Gasteiger partial charge in [-0.15, -0.1) is 0 Å². The third kappa shape index (κ3) is 3.60. The molecule has 106 valence electrons. The lowest BCUT2D eigenvalue weighted by Gasteiger charge is -2.22. The molecule has 0 bridgehead atoms. The minimum atomic E-state index is -2.78. The van der Waals surface area contributed by atoms with E-state index in [-0.39, 0.29) is 0 Å². The van der Waals surface area contributed by atoms with Gasteiger partial charge < -0.3 is 0 Å². The van der Waals surface area contributed by atoms with Crippen molar-refractivity contribution in [2.45, 2.75) is 26.7 Å². The highest BCUT2D eigenvalue weighted by Crippen LogP contribution is 2.31. The van der Waals surface area contributed by atoms with Crippen LogP contribution < -0.4 is 0 Å². The van der Waals surface area contributed by atoms with Gasteiger partial charge in [-0.2, -0.15) is 0 Å². The summed E-state index contributed by atoms with van der Waals surface area (Å²) in [6, 6.07) is 6.36. The van der Waals surface area contributed by atoms with E-state index in [1.165, 1.54) is 16.7 Å². The van der Waals surface area contributed by atoms with Crippen LogP contribution in [0.25, 0.3) is 0 Å². The molecular formula is C15H21BrO2S. The molecule has 2 unspecified atom stereocenters. The monoisotopic (exact) mass is 344 g/mol. The van der Waals surface area contributed by atoms with Crippen molar-refractivity contribution in [3.05, 3.63) is 34.9 Å². The highest BCUT2D eigenvalue weighted by molar-refractivity contribution is 9.09. The maximum absolute atomic E-state index is 11.6. The standard InChI is InChI=1S/C15H21BrO2S/c1-11-4-3-5-12(2)15(11)8-14(9-16)13-6-7-19(17,18)10-13/h3-5,13-14H,6-10H2,1-2H3. The fraction of sp³-hybridized carbons (Fsp3) is 0.600. The zero-order valence-electron chi connectivity index (χ0n) is 11.5. The van der Waals surface area contributed by atoms with Crippen LogP contribution in [0.3, 0.4) is 0 Å². The van der Waals surface area contributed by atoms with Gasteiger partial charge in [-0.3, -0.25) is 0 Å². The average molecular weight is 345 g/mol. The molecule has 1 heterocycles. The van der Waals surface area contributed by atoms with E-state index >= 15 is 0 Å². The molecule has 1 aliphatic heterocycles. The van der Waals surface area contributed by atoms with E-state index in [4.69, 9.17) is 0 Å². The van der Waals surface area contributed by atoms with Gasteiger partial charge in [0.15, 0.2) is 9.84 Å². The Morgan fingerprint density at radius 2 is 1.95 bits per heavy atom. The van der Waals surface area contributed by atoms with Crippen molar-refractivity contribution < 1.29 is 8.42 Å². The van der Waals surface area contributed by atoms with Gasteiger partial charge in [-0.05, 0) is 55.2 Å². The van der Waals surface area contributed by atoms with Crippen molar-refractivity contribution in [3.63, 3.8) is 0 Å². The minimum absolute atomic E-state index is 0.309. The quantitative estimate of drug-likeness (QED) is 0.785. The molecule has 2 atom stereocenters. The van der Waals surface area contributed by atoms with Gasteiger partial charge in [0.05, 0.1) is 11.5 Å². The molecular weight excluding hydrogens is 324 g/mol. The molecule has 0 radical (unpaired) electrons. The normalized spacial score (nSPS) is 23.4. The summed E-state index contributed by atoms with van der Waals surface area (Å²) in [5.74, 6) is 1.46. The first-order valence-electron chi connectivity index (χ1n) is 6.74. The lowest BCUT2D eigenvalue weighted by atomic mass is 9.85. The summed E-state index contributed by atoms with van der Waals surface area (Å²) in [6.07, 6.45) is 1.80. The van der Waals surface area contributed by atoms with Crippen LogP contribution in [0.1, 0.15) is 23.1 Å². The highest BCUT2D eigenvalue weighted by Gasteiger charge is 2.33. The largest absolute Gasteiger partial charge is 0.229 e. The smallest absolute Gasteiger partial charge is 0.150 e. The number of hydrogen-bond acceptors (Lipinski definition) is 2. The van der Waals surface area contributed by atoms with Crippen LogP contribution in [0.15, 0.2) is 18.2 Å². The average Bonchev–Trinajstić information content (AvgIpc) is 2.69. The first-order chi connectivity index (χ1) is 8.93. The zero-order valence-corrected chi connectivity index (χ0v) is 13.9. The molecule has 1 aliphatic rings. The number of benzene rings is 1. The minimum Gasteiger partial charge on any atom is -0.229 e. The Bertz CT molecular complexity index is 531. The van der Waals surface area contributed by atoms with Crippen molar-refractivity contribution in [2.24, 2.45) is 11.8 Å². The second-order valence-electron chi connectivity index (χ2n) is 5.65. The Labute approximate surface area is 124 Å². The third-order valence-electron chi connectivity index (χ3n) is 4.24. The SMILES string of the molecule is Cc1cccc(C)c1CC(CBr)C1CCS(=O)(=O)C1. The summed E-state index contributed by atoms with van der Waals surface area (Å²) in [6.45, 7) is 4.28. The van der Waals surface area contributed by atoms with Crippen molar-refractivity contribution >= 4 is 25.8 Å². The molecule has 1 aromatic carbocycles. The molecule has 19 heavy (non-hydrogen) atoms. The lowest BCUT2D eigenvalue weighted by molar-refractivity contribution is 0.401. The second-order valence-corrected chi connectivity index (χ2v) is 8.53. The van der Waals surface area contributed by atoms with Gasteiger partial charge in [0.2, 0.25) is 0 Å². The Morgan fingerprint density at radius 1 is 1.32 bits per heavy atom. The number of rotatable bonds is 4.